The summed E-state index contributed by atoms with van der Waals surface area (Å²) in [4.78, 5) is 0. The van der Waals surface area contributed by atoms with E-state index in [-0.39, 0.29) is 0 Å². The molecule has 0 unspecified atom stereocenters. The second-order valence-corrected chi connectivity index (χ2v) is 9.50. The van der Waals surface area contributed by atoms with Gasteiger partial charge in [0, 0.05) is 0 Å². The Morgan fingerprint density at radius 2 is 1.18 bits per heavy atom. The summed E-state index contributed by atoms with van der Waals surface area (Å²) in [6.07, 6.45) is 11.5. The number of benzene rings is 2. The quantitative estimate of drug-likeness (QED) is 0.520. The third kappa shape index (κ3) is 4.99. The lowest BCUT2D eigenvalue weighted by atomic mass is 9.69. The topological polar surface area (TPSA) is 9.23 Å². The highest BCUT2D eigenvalue weighted by atomic mass is 16.5. The Morgan fingerprint density at radius 3 is 1.75 bits per heavy atom. The Hall–Kier alpha value is -1.76. The van der Waals surface area contributed by atoms with Crippen LogP contribution in [0.4, 0.5) is 0 Å². The summed E-state index contributed by atoms with van der Waals surface area (Å²) in [6, 6.07) is 17.3. The van der Waals surface area contributed by atoms with Gasteiger partial charge in [0.25, 0.3) is 0 Å². The minimum absolute atomic E-state index is 0.746. The number of hydrogen-bond acceptors (Lipinski definition) is 1. The lowest BCUT2D eigenvalue weighted by molar-refractivity contribution is 0.126. The Morgan fingerprint density at radius 1 is 0.679 bits per heavy atom. The van der Waals surface area contributed by atoms with Crippen molar-refractivity contribution < 1.29 is 4.74 Å². The monoisotopic (exact) mass is 376 g/mol. The van der Waals surface area contributed by atoms with Crippen LogP contribution in [0.2, 0.25) is 0 Å². The van der Waals surface area contributed by atoms with Gasteiger partial charge in [0.1, 0.15) is 5.75 Å². The van der Waals surface area contributed by atoms with Crippen LogP contribution in [-0.2, 0) is 0 Å². The number of aryl methyl sites for hydroxylation is 1. The Balaban J connectivity index is 1.22. The highest BCUT2D eigenvalue weighted by molar-refractivity contribution is 5.64. The molecule has 28 heavy (non-hydrogen) atoms. The molecule has 0 heterocycles. The molecule has 2 aliphatic carbocycles. The van der Waals surface area contributed by atoms with E-state index in [4.69, 9.17) is 4.74 Å². The third-order valence-electron chi connectivity index (χ3n) is 7.34. The molecule has 0 saturated heterocycles. The molecule has 0 radical (unpaired) electrons. The first-order valence-electron chi connectivity index (χ1n) is 11.5. The van der Waals surface area contributed by atoms with Crippen molar-refractivity contribution in [3.63, 3.8) is 0 Å². The molecule has 150 valence electrons. The van der Waals surface area contributed by atoms with E-state index in [2.05, 4.69) is 62.4 Å². The Bertz CT molecular complexity index is 714. The van der Waals surface area contributed by atoms with Gasteiger partial charge in [-0.15, -0.1) is 0 Å². The summed E-state index contributed by atoms with van der Waals surface area (Å²) in [5, 5.41) is 0. The van der Waals surface area contributed by atoms with E-state index in [1.54, 1.807) is 0 Å². The van der Waals surface area contributed by atoms with Crippen LogP contribution in [0.15, 0.2) is 48.5 Å². The zero-order chi connectivity index (χ0) is 19.3. The highest BCUT2D eigenvalue weighted by Gasteiger charge is 2.30. The first kappa shape index (κ1) is 19.6. The number of rotatable bonds is 5. The fourth-order valence-corrected chi connectivity index (χ4v) is 5.29. The largest absolute Gasteiger partial charge is 0.493 e. The number of hydrogen-bond donors (Lipinski definition) is 0. The molecule has 4 rings (SSSR count). The van der Waals surface area contributed by atoms with Gasteiger partial charge in [-0.05, 0) is 92.4 Å². The summed E-state index contributed by atoms with van der Waals surface area (Å²) in [7, 11) is 0. The first-order valence-corrected chi connectivity index (χ1v) is 11.5. The van der Waals surface area contributed by atoms with Gasteiger partial charge in [-0.25, -0.2) is 0 Å². The summed E-state index contributed by atoms with van der Waals surface area (Å²) in [5.74, 6) is 4.75. The van der Waals surface area contributed by atoms with Crippen LogP contribution in [0, 0.1) is 30.6 Å². The van der Waals surface area contributed by atoms with Gasteiger partial charge in [0.05, 0.1) is 6.61 Å². The van der Waals surface area contributed by atoms with Crippen LogP contribution in [0.1, 0.15) is 63.9 Å². The van der Waals surface area contributed by atoms with Gasteiger partial charge in [0.15, 0.2) is 0 Å². The highest BCUT2D eigenvalue weighted by Crippen LogP contribution is 2.41. The molecule has 1 nitrogen and oxygen atoms in total. The molecule has 2 aromatic rings. The van der Waals surface area contributed by atoms with E-state index < -0.39 is 0 Å². The van der Waals surface area contributed by atoms with Gasteiger partial charge in [-0.3, -0.25) is 0 Å². The fourth-order valence-electron chi connectivity index (χ4n) is 5.29. The van der Waals surface area contributed by atoms with Crippen LogP contribution >= 0.6 is 0 Å². The van der Waals surface area contributed by atoms with E-state index in [0.717, 1.165) is 36.0 Å². The van der Waals surface area contributed by atoms with E-state index in [9.17, 15) is 0 Å². The molecule has 0 spiro atoms. The molecule has 2 fully saturated rings. The van der Waals surface area contributed by atoms with Crippen molar-refractivity contribution in [1.82, 2.24) is 0 Å². The molecular formula is C27H36O. The second kappa shape index (κ2) is 9.16. The minimum atomic E-state index is 0.746. The molecule has 0 amide bonds. The first-order chi connectivity index (χ1) is 13.7. The maximum atomic E-state index is 6.15. The zero-order valence-corrected chi connectivity index (χ0v) is 17.7. The lowest BCUT2D eigenvalue weighted by Crippen LogP contribution is -2.27. The molecule has 1 heteroatoms. The van der Waals surface area contributed by atoms with Gasteiger partial charge in [0.2, 0.25) is 0 Å². The maximum Gasteiger partial charge on any atom is 0.119 e. The minimum Gasteiger partial charge on any atom is -0.493 e. The van der Waals surface area contributed by atoms with Crippen LogP contribution in [0.25, 0.3) is 11.1 Å². The predicted molar refractivity (Wildman–Crippen MR) is 119 cm³/mol. The SMILES string of the molecule is Cc1ccc(-c2ccc(OCC3CCC(C4CCC(C)CC4)CC3)cc2)cc1. The fraction of sp³-hybridized carbons (Fsp3) is 0.556. The summed E-state index contributed by atoms with van der Waals surface area (Å²) < 4.78 is 6.15. The third-order valence-corrected chi connectivity index (χ3v) is 7.34. The Kier molecular flexibility index (Phi) is 6.40. The second-order valence-electron chi connectivity index (χ2n) is 9.50. The van der Waals surface area contributed by atoms with Gasteiger partial charge < -0.3 is 4.74 Å². The average molecular weight is 377 g/mol. The van der Waals surface area contributed by atoms with Crippen molar-refractivity contribution in [3.8, 4) is 16.9 Å². The van der Waals surface area contributed by atoms with E-state index in [1.165, 1.54) is 68.1 Å². The van der Waals surface area contributed by atoms with Gasteiger partial charge >= 0.3 is 0 Å². The molecule has 0 bridgehead atoms. The normalized spacial score (nSPS) is 28.1. The van der Waals surface area contributed by atoms with Crippen LogP contribution < -0.4 is 4.74 Å². The zero-order valence-electron chi connectivity index (χ0n) is 17.7. The predicted octanol–water partition coefficient (Wildman–Crippen LogP) is 7.67. The van der Waals surface area contributed by atoms with Gasteiger partial charge in [-0.1, -0.05) is 61.7 Å². The molecule has 2 aromatic carbocycles. The van der Waals surface area contributed by atoms with Crippen molar-refractivity contribution in [3.05, 3.63) is 54.1 Å². The molecule has 2 aliphatic rings. The van der Waals surface area contributed by atoms with E-state index in [0.29, 0.717) is 0 Å². The standard InChI is InChI=1S/C27H36O/c1-20-3-9-23(10-4-20)25-13-7-22(8-14-25)19-28-27-17-15-26(16-18-27)24-11-5-21(2)6-12-24/h5-6,11-12,15-18,20,22-23,25H,3-4,7-10,13-14,19H2,1-2H3. The maximum absolute atomic E-state index is 6.15. The lowest BCUT2D eigenvalue weighted by Gasteiger charge is -2.37. The molecule has 0 aromatic heterocycles. The molecular weight excluding hydrogens is 340 g/mol. The van der Waals surface area contributed by atoms with Crippen molar-refractivity contribution in [2.75, 3.05) is 6.61 Å². The number of ether oxygens (including phenoxy) is 1. The van der Waals surface area contributed by atoms with Crippen LogP contribution in [0.5, 0.6) is 5.75 Å². The Labute approximate surface area is 171 Å². The van der Waals surface area contributed by atoms with E-state index in [1.807, 2.05) is 0 Å². The van der Waals surface area contributed by atoms with Crippen LogP contribution in [-0.4, -0.2) is 6.61 Å². The van der Waals surface area contributed by atoms with E-state index >= 15 is 0 Å². The van der Waals surface area contributed by atoms with Crippen molar-refractivity contribution in [1.29, 1.82) is 0 Å². The molecule has 2 saturated carbocycles. The van der Waals surface area contributed by atoms with Crippen LogP contribution in [0.3, 0.4) is 0 Å². The molecule has 0 N–H and O–H groups in total. The summed E-state index contributed by atoms with van der Waals surface area (Å²) >= 11 is 0. The van der Waals surface area contributed by atoms with Gasteiger partial charge in [-0.2, -0.15) is 0 Å². The smallest absolute Gasteiger partial charge is 0.119 e. The summed E-state index contributed by atoms with van der Waals surface area (Å²) in [6.45, 7) is 5.44. The summed E-state index contributed by atoms with van der Waals surface area (Å²) in [5.41, 5.74) is 3.83. The molecule has 0 aliphatic heterocycles. The average Bonchev–Trinajstić information content (AvgIpc) is 2.74. The molecule has 0 atom stereocenters. The van der Waals surface area contributed by atoms with Crippen molar-refractivity contribution in [2.45, 2.75) is 65.2 Å². The van der Waals surface area contributed by atoms with Crippen molar-refractivity contribution in [2.24, 2.45) is 23.7 Å². The van der Waals surface area contributed by atoms with Crippen molar-refractivity contribution >= 4 is 0 Å².